The molecule has 95 heavy (non-hydrogen) atoms. The Balaban J connectivity index is 0.000000204. The van der Waals surface area contributed by atoms with Crippen molar-refractivity contribution in [1.82, 2.24) is 58.7 Å². The van der Waals surface area contributed by atoms with E-state index in [2.05, 4.69) is 45.9 Å². The van der Waals surface area contributed by atoms with Gasteiger partial charge in [0, 0.05) is 155 Å². The van der Waals surface area contributed by atoms with Gasteiger partial charge in [-0.1, -0.05) is 101 Å². The number of carbonyl (C=O) groups excluding carboxylic acids is 2. The zero-order valence-electron chi connectivity index (χ0n) is 54.5. The number of rotatable bonds is 10. The number of fused-ring (bicyclic) bond motifs is 3. The van der Waals surface area contributed by atoms with E-state index in [9.17, 15) is 24.0 Å². The summed E-state index contributed by atoms with van der Waals surface area (Å²) in [6.07, 6.45) is 12.0. The van der Waals surface area contributed by atoms with Gasteiger partial charge in [-0.15, -0.1) is 0 Å². The van der Waals surface area contributed by atoms with Crippen molar-refractivity contribution in [3.63, 3.8) is 0 Å². The van der Waals surface area contributed by atoms with E-state index >= 15 is 0 Å². The predicted octanol–water partition coefficient (Wildman–Crippen LogP) is 7.26. The van der Waals surface area contributed by atoms with Crippen molar-refractivity contribution in [1.29, 1.82) is 0 Å². The van der Waals surface area contributed by atoms with Crippen LogP contribution in [0.3, 0.4) is 0 Å². The molecule has 3 saturated heterocycles. The van der Waals surface area contributed by atoms with Gasteiger partial charge in [0.15, 0.2) is 5.16 Å². The molecule has 3 fully saturated rings. The quantitative estimate of drug-likeness (QED) is 0.0511. The summed E-state index contributed by atoms with van der Waals surface area (Å²) in [6, 6.07) is 28.1. The van der Waals surface area contributed by atoms with Crippen LogP contribution in [-0.4, -0.2) is 160 Å². The van der Waals surface area contributed by atoms with Crippen LogP contribution in [0.1, 0.15) is 59.3 Å². The molecule has 0 spiro atoms. The monoisotopic (exact) mass is 1400 g/mol. The average molecular weight is 1400 g/mol. The first-order chi connectivity index (χ1) is 44.9. The first kappa shape index (κ1) is 77.4. The van der Waals surface area contributed by atoms with Crippen molar-refractivity contribution in [2.75, 3.05) is 76.0 Å². The number of pyridine rings is 3. The Kier molecular flexibility index (Phi) is 30.8. The van der Waals surface area contributed by atoms with Crippen LogP contribution in [0.2, 0.25) is 15.1 Å². The smallest absolute Gasteiger partial charge is 0.870 e. The summed E-state index contributed by atoms with van der Waals surface area (Å²) in [5.74, 6) is 1.02. The van der Waals surface area contributed by atoms with Gasteiger partial charge < -0.3 is 51.5 Å². The van der Waals surface area contributed by atoms with Crippen LogP contribution in [0, 0.1) is 0 Å². The van der Waals surface area contributed by atoms with E-state index in [1.807, 2.05) is 73.8 Å². The number of benzene rings is 3. The molecular formula is C66H79Cl3KN15O9S. The van der Waals surface area contributed by atoms with Crippen molar-refractivity contribution >= 4 is 104 Å². The number of nitrogens with zero attached hydrogens (tertiary/aromatic N) is 11. The normalized spacial score (nSPS) is 14.0. The predicted molar refractivity (Wildman–Crippen MR) is 373 cm³/mol. The molecule has 12 rings (SSSR count). The molecule has 7 N–H and O–H groups in total. The van der Waals surface area contributed by atoms with Crippen LogP contribution in [0.4, 0.5) is 21.5 Å². The molecule has 9 aromatic rings. The third-order valence-electron chi connectivity index (χ3n) is 15.6. The third kappa shape index (κ3) is 20.2. The molecule has 0 radical (unpaired) electrons. The second-order valence-electron chi connectivity index (χ2n) is 21.9. The molecule has 9 heterocycles. The van der Waals surface area contributed by atoms with E-state index < -0.39 is 0 Å². The number of aliphatic hydroxyl groups excluding tert-OH is 1. The van der Waals surface area contributed by atoms with E-state index in [1.165, 1.54) is 20.9 Å². The van der Waals surface area contributed by atoms with Crippen molar-refractivity contribution in [3.05, 3.63) is 156 Å². The Bertz CT molecular complexity index is 4240. The first-order valence-electron chi connectivity index (χ1n) is 30.7. The number of nitrogens with one attached hydrogen (secondary N) is 3. The minimum atomic E-state index is -0.271. The maximum atomic E-state index is 13.0. The molecule has 29 heteroatoms. The molecule has 3 aromatic carbocycles. The number of ether oxygens (including phenoxy) is 2. The summed E-state index contributed by atoms with van der Waals surface area (Å²) in [6.45, 7) is 11.0. The van der Waals surface area contributed by atoms with Gasteiger partial charge >= 0.3 is 63.6 Å². The van der Waals surface area contributed by atoms with Gasteiger partial charge in [0.05, 0.1) is 13.2 Å². The van der Waals surface area contributed by atoms with Gasteiger partial charge in [-0.2, -0.15) is 9.97 Å². The molecule has 0 atom stereocenters. The number of nitrogens with two attached hydrogens (primary N) is 1. The van der Waals surface area contributed by atoms with Crippen molar-refractivity contribution < 1.29 is 81.0 Å². The van der Waals surface area contributed by atoms with Crippen molar-refractivity contribution in [3.8, 4) is 33.4 Å². The number of carbonyl (C=O) groups is 2. The molecule has 24 nitrogen and oxygen atoms in total. The van der Waals surface area contributed by atoms with E-state index in [0.717, 1.165) is 86.4 Å². The van der Waals surface area contributed by atoms with Crippen LogP contribution in [0.25, 0.3) is 66.5 Å². The topological polar surface area (TPSA) is 315 Å². The fourth-order valence-corrected chi connectivity index (χ4v) is 11.7. The zero-order valence-corrected chi connectivity index (χ0v) is 60.7. The van der Waals surface area contributed by atoms with Crippen LogP contribution in [0.5, 0.6) is 0 Å². The van der Waals surface area contributed by atoms with Gasteiger partial charge in [0.1, 0.15) is 16.9 Å². The number of thioether (sulfide) groups is 1. The Morgan fingerprint density at radius 1 is 0.568 bits per heavy atom. The summed E-state index contributed by atoms with van der Waals surface area (Å²) in [5, 5.41) is 22.2. The molecule has 500 valence electrons. The van der Waals surface area contributed by atoms with Gasteiger partial charge in [0.25, 0.3) is 16.7 Å². The zero-order chi connectivity index (χ0) is 66.7. The minimum absolute atomic E-state index is 0. The fourth-order valence-electron chi connectivity index (χ4n) is 10.6. The Hall–Kier alpha value is -6.63. The number of anilines is 2. The van der Waals surface area contributed by atoms with Crippen LogP contribution < -0.4 is 89.7 Å². The summed E-state index contributed by atoms with van der Waals surface area (Å²) < 4.78 is 14.5. The second kappa shape index (κ2) is 37.8. The number of aryl methyl sites for hydroxylation is 3. The van der Waals surface area contributed by atoms with Gasteiger partial charge in [0.2, 0.25) is 11.9 Å². The largest absolute Gasteiger partial charge is 1.00 e. The first-order valence-corrected chi connectivity index (χ1v) is 33.1. The van der Waals surface area contributed by atoms with Crippen LogP contribution in [0.15, 0.2) is 129 Å². The number of halogens is 3. The van der Waals surface area contributed by atoms with Crippen LogP contribution >= 0.6 is 46.6 Å². The molecular weight excluding hydrogens is 1320 g/mol. The number of likely N-dealkylation sites (tertiary alicyclic amines) is 2. The molecule has 3 aliphatic heterocycles. The summed E-state index contributed by atoms with van der Waals surface area (Å²) in [7, 11) is 5.13. The summed E-state index contributed by atoms with van der Waals surface area (Å²) >= 11 is 20.2. The maximum Gasteiger partial charge on any atom is 1.00 e. The molecule has 0 aliphatic carbocycles. The molecule has 2 amide bonds. The van der Waals surface area contributed by atoms with E-state index in [0.29, 0.717) is 109 Å². The second-order valence-corrected chi connectivity index (χ2v) is 23.9. The Morgan fingerprint density at radius 3 is 1.26 bits per heavy atom. The average Bonchev–Trinajstić information content (AvgIpc) is 0.803. The summed E-state index contributed by atoms with van der Waals surface area (Å²) in [5.41, 5.74) is 10.8. The Labute approximate surface area is 612 Å². The third-order valence-corrected chi connectivity index (χ3v) is 17.1. The number of hydrogen-bond donors (Lipinski definition) is 5. The molecule has 6 aromatic heterocycles. The fraction of sp³-hybridized carbons (Fsp3) is 0.379. The molecule has 3 aliphatic rings. The van der Waals surface area contributed by atoms with Crippen molar-refractivity contribution in [2.45, 2.75) is 82.6 Å². The SMILES string of the molecule is CCO.CCOC(=O)N1CCC(N)CC1.CCOC(=O)N1CCC(Nc2ncc3cc(-c4ccccc4Cl)c(=O)n(C)c3n2)CC1.CSc1ncc2cc(-c3ccccc3Cl)c(=O)n(C)c2n1.Cn1c(=O)c(-c2ccccc2Cl)cc2cnc(NC3CCNCC3)nc21.[K+].[OH-]. The molecule has 0 unspecified atom stereocenters. The Morgan fingerprint density at radius 2 is 0.905 bits per heavy atom. The van der Waals surface area contributed by atoms with E-state index in [-0.39, 0.29) is 104 Å². The van der Waals surface area contributed by atoms with Crippen LogP contribution in [-0.2, 0) is 30.6 Å². The summed E-state index contributed by atoms with van der Waals surface area (Å²) in [4.78, 5) is 91.5. The number of aliphatic hydroxyl groups is 1. The maximum absolute atomic E-state index is 13.0. The number of hydrogen-bond acceptors (Lipinski definition) is 20. The van der Waals surface area contributed by atoms with Gasteiger partial charge in [-0.05, 0) is 115 Å². The number of piperidine rings is 3. The molecule has 0 saturated carbocycles. The number of aromatic nitrogens is 9. The van der Waals surface area contributed by atoms with Gasteiger partial charge in [-0.3, -0.25) is 28.1 Å². The standard InChI is InChI=1S/C22H24ClN5O3.C19H20ClN5O.C15H12ClN3OS.C8H16N2O2.C2H6O.K.H2O/c1-3-31-22(30)28-10-8-15(9-11-28)25-21-24-13-14-12-17(16-6-4-5-7-18(16)23)20(29)27(2)19(14)26-21;1-25-17-12(10-15(18(25)26)14-4-2-3-5-16(14)20)11-22-19(24-17)23-13-6-8-21-9-7-13;1-19-13-9(8-17-15(18-13)21-2)7-11(14(19)20)10-5-3-4-6-12(10)16;1-2-12-8(11)10-5-3-7(9)4-6-10;1-2-3;;/h4-7,12-13,15H,3,8-11H2,1-2H3,(H,24,25,26);2-5,10-11,13,21H,6-9H2,1H3,(H,22,23,24);3-8H,1-2H3;7H,2-6,9H2,1H3;3H,2H2,1H3;;1H2/q;;;;;+1;/p-1. The van der Waals surface area contributed by atoms with Gasteiger partial charge in [-0.25, -0.2) is 29.5 Å². The van der Waals surface area contributed by atoms with Crippen molar-refractivity contribution in [2.24, 2.45) is 26.9 Å². The minimum Gasteiger partial charge on any atom is -0.870 e. The number of amides is 2. The molecule has 0 bridgehead atoms. The van der Waals surface area contributed by atoms with E-state index in [4.69, 9.17) is 55.1 Å². The van der Waals surface area contributed by atoms with E-state index in [1.54, 1.807) is 98.3 Å².